The van der Waals surface area contributed by atoms with Crippen molar-refractivity contribution in [3.8, 4) is 11.5 Å². The second-order valence-electron chi connectivity index (χ2n) is 4.24. The first-order chi connectivity index (χ1) is 9.11. The average Bonchev–Trinajstić information content (AvgIpc) is 2.43. The lowest BCUT2D eigenvalue weighted by Gasteiger charge is -2.21. The Morgan fingerprint density at radius 1 is 1.42 bits per heavy atom. The number of rotatable bonds is 4. The van der Waals surface area contributed by atoms with Gasteiger partial charge in [0.05, 0.1) is 7.11 Å². The highest BCUT2D eigenvalue weighted by molar-refractivity contribution is 9.10. The third-order valence-corrected chi connectivity index (χ3v) is 3.63. The molecule has 6 heteroatoms. The van der Waals surface area contributed by atoms with Crippen LogP contribution in [0.5, 0.6) is 11.5 Å². The standard InChI is InChI=1S/C13H16BrNO4/c1-17-13(16)3-2-10(15)8-6-11-12(7-9(8)14)19-5-4-18-11/h6-7,10H,2-5,15H2,1H3. The molecule has 1 aromatic carbocycles. The molecule has 1 aromatic rings. The number of fused-ring (bicyclic) bond motifs is 1. The van der Waals surface area contributed by atoms with Crippen LogP contribution in [0.25, 0.3) is 0 Å². The number of carbonyl (C=O) groups is 1. The number of ether oxygens (including phenoxy) is 3. The number of esters is 1. The van der Waals surface area contributed by atoms with Crippen LogP contribution in [0.2, 0.25) is 0 Å². The van der Waals surface area contributed by atoms with Crippen molar-refractivity contribution in [2.45, 2.75) is 18.9 Å². The van der Waals surface area contributed by atoms with Gasteiger partial charge >= 0.3 is 5.97 Å². The first kappa shape index (κ1) is 14.1. The van der Waals surface area contributed by atoms with Crippen molar-refractivity contribution in [3.05, 3.63) is 22.2 Å². The van der Waals surface area contributed by atoms with Gasteiger partial charge in [-0.1, -0.05) is 15.9 Å². The van der Waals surface area contributed by atoms with E-state index in [-0.39, 0.29) is 12.0 Å². The molecule has 2 rings (SSSR count). The molecule has 0 fully saturated rings. The van der Waals surface area contributed by atoms with Crippen LogP contribution in [0.15, 0.2) is 16.6 Å². The van der Waals surface area contributed by atoms with Gasteiger partial charge in [0.1, 0.15) is 13.2 Å². The minimum absolute atomic E-state index is 0.260. The molecule has 0 saturated heterocycles. The summed E-state index contributed by atoms with van der Waals surface area (Å²) in [5, 5.41) is 0. The molecule has 0 aromatic heterocycles. The summed E-state index contributed by atoms with van der Waals surface area (Å²) in [6.45, 7) is 1.08. The van der Waals surface area contributed by atoms with Crippen molar-refractivity contribution in [1.82, 2.24) is 0 Å². The smallest absolute Gasteiger partial charge is 0.305 e. The van der Waals surface area contributed by atoms with Gasteiger partial charge in [0, 0.05) is 16.9 Å². The molecule has 1 aliphatic rings. The van der Waals surface area contributed by atoms with E-state index in [0.29, 0.717) is 37.6 Å². The molecule has 104 valence electrons. The van der Waals surface area contributed by atoms with Gasteiger partial charge in [-0.2, -0.15) is 0 Å². The molecule has 1 heterocycles. The highest BCUT2D eigenvalue weighted by atomic mass is 79.9. The Bertz CT molecular complexity index is 478. The zero-order valence-corrected chi connectivity index (χ0v) is 12.2. The van der Waals surface area contributed by atoms with Crippen LogP contribution in [0.4, 0.5) is 0 Å². The van der Waals surface area contributed by atoms with E-state index in [1.54, 1.807) is 0 Å². The summed E-state index contributed by atoms with van der Waals surface area (Å²) in [7, 11) is 1.37. The minimum Gasteiger partial charge on any atom is -0.486 e. The second-order valence-corrected chi connectivity index (χ2v) is 5.09. The zero-order valence-electron chi connectivity index (χ0n) is 10.6. The summed E-state index contributed by atoms with van der Waals surface area (Å²) < 4.78 is 16.5. The molecule has 0 bridgehead atoms. The highest BCUT2D eigenvalue weighted by Gasteiger charge is 2.19. The number of methoxy groups -OCH3 is 1. The van der Waals surface area contributed by atoms with Crippen LogP contribution in [0.1, 0.15) is 24.4 Å². The lowest BCUT2D eigenvalue weighted by Crippen LogP contribution is -2.18. The van der Waals surface area contributed by atoms with Crippen LogP contribution in [0.3, 0.4) is 0 Å². The highest BCUT2D eigenvalue weighted by Crippen LogP contribution is 2.38. The average molecular weight is 330 g/mol. The number of hydrogen-bond acceptors (Lipinski definition) is 5. The summed E-state index contributed by atoms with van der Waals surface area (Å²) in [5.74, 6) is 1.14. The largest absolute Gasteiger partial charge is 0.486 e. The number of carbonyl (C=O) groups excluding carboxylic acids is 1. The van der Waals surface area contributed by atoms with Crippen LogP contribution >= 0.6 is 15.9 Å². The van der Waals surface area contributed by atoms with Gasteiger partial charge in [-0.3, -0.25) is 4.79 Å². The fraction of sp³-hybridized carbons (Fsp3) is 0.462. The summed E-state index contributed by atoms with van der Waals surface area (Å²) in [5.41, 5.74) is 6.99. The molecule has 0 radical (unpaired) electrons. The van der Waals surface area contributed by atoms with E-state index in [9.17, 15) is 4.79 Å². The maximum Gasteiger partial charge on any atom is 0.305 e. The molecule has 1 aliphatic heterocycles. The number of hydrogen-bond donors (Lipinski definition) is 1. The maximum atomic E-state index is 11.1. The summed E-state index contributed by atoms with van der Waals surface area (Å²) in [4.78, 5) is 11.1. The first-order valence-corrected chi connectivity index (χ1v) is 6.82. The van der Waals surface area contributed by atoms with Crippen molar-refractivity contribution in [2.75, 3.05) is 20.3 Å². The van der Waals surface area contributed by atoms with Crippen LogP contribution in [0, 0.1) is 0 Å². The van der Waals surface area contributed by atoms with Gasteiger partial charge in [-0.05, 0) is 24.1 Å². The van der Waals surface area contributed by atoms with Crippen LogP contribution in [-0.2, 0) is 9.53 Å². The number of benzene rings is 1. The Morgan fingerprint density at radius 2 is 2.05 bits per heavy atom. The van der Waals surface area contributed by atoms with Crippen LogP contribution < -0.4 is 15.2 Å². The van der Waals surface area contributed by atoms with E-state index >= 15 is 0 Å². The summed E-state index contributed by atoms with van der Waals surface area (Å²) in [6.07, 6.45) is 0.809. The Morgan fingerprint density at radius 3 is 2.68 bits per heavy atom. The Kier molecular flexibility index (Phi) is 4.66. The van der Waals surface area contributed by atoms with Crippen LogP contribution in [-0.4, -0.2) is 26.3 Å². The maximum absolute atomic E-state index is 11.1. The molecule has 1 atom stereocenters. The molecule has 19 heavy (non-hydrogen) atoms. The molecular formula is C13H16BrNO4. The van der Waals surface area contributed by atoms with Crippen molar-refractivity contribution in [3.63, 3.8) is 0 Å². The fourth-order valence-electron chi connectivity index (χ4n) is 1.89. The van der Waals surface area contributed by atoms with Crippen molar-refractivity contribution in [2.24, 2.45) is 5.73 Å². The molecule has 0 amide bonds. The van der Waals surface area contributed by atoms with Gasteiger partial charge in [0.2, 0.25) is 0 Å². The van der Waals surface area contributed by atoms with Crippen molar-refractivity contribution >= 4 is 21.9 Å². The van der Waals surface area contributed by atoms with E-state index in [4.69, 9.17) is 15.2 Å². The summed E-state index contributed by atoms with van der Waals surface area (Å²) in [6, 6.07) is 3.45. The van der Waals surface area contributed by atoms with Gasteiger partial charge in [-0.25, -0.2) is 0 Å². The van der Waals surface area contributed by atoms with E-state index in [1.807, 2.05) is 12.1 Å². The minimum atomic E-state index is -0.260. The van der Waals surface area contributed by atoms with E-state index in [1.165, 1.54) is 7.11 Å². The topological polar surface area (TPSA) is 70.8 Å². The summed E-state index contributed by atoms with van der Waals surface area (Å²) >= 11 is 3.47. The number of halogens is 1. The molecular weight excluding hydrogens is 314 g/mol. The second kappa shape index (κ2) is 6.25. The zero-order chi connectivity index (χ0) is 13.8. The Balaban J connectivity index is 2.12. The Hall–Kier alpha value is -1.27. The quantitative estimate of drug-likeness (QED) is 0.857. The van der Waals surface area contributed by atoms with E-state index in [0.717, 1.165) is 10.0 Å². The monoisotopic (exact) mass is 329 g/mol. The SMILES string of the molecule is COC(=O)CCC(N)c1cc2c(cc1Br)OCCO2. The Labute approximate surface area is 120 Å². The molecule has 0 saturated carbocycles. The molecule has 2 N–H and O–H groups in total. The predicted octanol–water partition coefficient (Wildman–Crippen LogP) is 2.17. The van der Waals surface area contributed by atoms with Gasteiger partial charge in [0.15, 0.2) is 11.5 Å². The molecule has 5 nitrogen and oxygen atoms in total. The lowest BCUT2D eigenvalue weighted by atomic mass is 10.0. The normalized spacial score (nSPS) is 14.9. The fourth-order valence-corrected chi connectivity index (χ4v) is 2.51. The van der Waals surface area contributed by atoms with Gasteiger partial charge in [0.25, 0.3) is 0 Å². The third-order valence-electron chi connectivity index (χ3n) is 2.95. The lowest BCUT2D eigenvalue weighted by molar-refractivity contribution is -0.140. The molecule has 0 aliphatic carbocycles. The predicted molar refractivity (Wildman–Crippen MR) is 73.3 cm³/mol. The molecule has 1 unspecified atom stereocenters. The van der Waals surface area contributed by atoms with Gasteiger partial charge < -0.3 is 19.9 Å². The first-order valence-electron chi connectivity index (χ1n) is 6.03. The van der Waals surface area contributed by atoms with Crippen molar-refractivity contribution in [1.29, 1.82) is 0 Å². The number of nitrogens with two attached hydrogens (primary N) is 1. The molecule has 0 spiro atoms. The van der Waals surface area contributed by atoms with Gasteiger partial charge in [-0.15, -0.1) is 0 Å². The van der Waals surface area contributed by atoms with Crippen molar-refractivity contribution < 1.29 is 19.0 Å². The van der Waals surface area contributed by atoms with E-state index in [2.05, 4.69) is 20.7 Å². The third kappa shape index (κ3) is 3.39. The van der Waals surface area contributed by atoms with E-state index < -0.39 is 0 Å².